The molecule has 1 N–H and O–H groups in total. The van der Waals surface area contributed by atoms with E-state index in [1.54, 1.807) is 16.8 Å². The van der Waals surface area contributed by atoms with Crippen LogP contribution in [0.25, 0.3) is 16.7 Å². The van der Waals surface area contributed by atoms with Crippen LogP contribution >= 0.6 is 0 Å². The van der Waals surface area contributed by atoms with Gasteiger partial charge in [-0.3, -0.25) is 0 Å². The van der Waals surface area contributed by atoms with Gasteiger partial charge in [0, 0.05) is 0 Å². The molecule has 0 aliphatic carbocycles. The molecule has 0 unspecified atom stereocenters. The summed E-state index contributed by atoms with van der Waals surface area (Å²) in [4.78, 5) is 11.0. The summed E-state index contributed by atoms with van der Waals surface area (Å²) in [5.74, 6) is -0.963. The maximum absolute atomic E-state index is 11.0. The molecule has 3 rings (SSSR count). The number of carboxylic acid groups (broad SMARTS) is 1. The van der Waals surface area contributed by atoms with E-state index in [9.17, 15) is 4.79 Å². The Balaban J connectivity index is 2.02. The van der Waals surface area contributed by atoms with Gasteiger partial charge in [-0.2, -0.15) is 0 Å². The highest BCUT2D eigenvalue weighted by Crippen LogP contribution is 2.18. The van der Waals surface area contributed by atoms with Crippen LogP contribution in [0.1, 0.15) is 29.3 Å². The van der Waals surface area contributed by atoms with E-state index >= 15 is 0 Å². The first kappa shape index (κ1) is 13.3. The number of carboxylic acids is 1. The number of carbonyl (C=O) groups is 1. The molecule has 106 valence electrons. The Morgan fingerprint density at radius 1 is 1.19 bits per heavy atom. The van der Waals surface area contributed by atoms with Crippen LogP contribution in [0, 0.1) is 0 Å². The van der Waals surface area contributed by atoms with Crippen molar-refractivity contribution in [2.45, 2.75) is 19.8 Å². The number of fused-ring (bicyclic) bond motifs is 1. The molecule has 2 aromatic carbocycles. The third-order valence-corrected chi connectivity index (χ3v) is 3.41. The van der Waals surface area contributed by atoms with E-state index in [2.05, 4.69) is 29.4 Å². The van der Waals surface area contributed by atoms with Gasteiger partial charge in [0.25, 0.3) is 0 Å². The molecule has 3 aromatic rings. The van der Waals surface area contributed by atoms with E-state index in [0.29, 0.717) is 5.52 Å². The van der Waals surface area contributed by atoms with Crippen molar-refractivity contribution in [3.8, 4) is 5.69 Å². The molecule has 0 amide bonds. The molecular weight excluding hydrogens is 266 g/mol. The average molecular weight is 281 g/mol. The molecule has 1 heterocycles. The molecule has 0 spiro atoms. The van der Waals surface area contributed by atoms with Crippen molar-refractivity contribution in [3.05, 3.63) is 53.6 Å². The van der Waals surface area contributed by atoms with Crippen LogP contribution in [0.2, 0.25) is 0 Å². The molecule has 0 saturated heterocycles. The Kier molecular flexibility index (Phi) is 3.39. The van der Waals surface area contributed by atoms with Crippen molar-refractivity contribution in [1.82, 2.24) is 15.0 Å². The Morgan fingerprint density at radius 2 is 1.95 bits per heavy atom. The van der Waals surface area contributed by atoms with Gasteiger partial charge in [-0.25, -0.2) is 9.48 Å². The van der Waals surface area contributed by atoms with Crippen LogP contribution < -0.4 is 0 Å². The maximum Gasteiger partial charge on any atom is 0.335 e. The first-order valence-corrected chi connectivity index (χ1v) is 6.87. The second-order valence-corrected chi connectivity index (χ2v) is 4.93. The Morgan fingerprint density at radius 3 is 2.62 bits per heavy atom. The number of hydrogen-bond acceptors (Lipinski definition) is 3. The van der Waals surface area contributed by atoms with Crippen LogP contribution in [0.4, 0.5) is 0 Å². The number of aryl methyl sites for hydroxylation is 1. The summed E-state index contributed by atoms with van der Waals surface area (Å²) in [5.41, 5.74) is 3.79. The molecule has 0 atom stereocenters. The second kappa shape index (κ2) is 5.36. The third kappa shape index (κ3) is 2.50. The zero-order chi connectivity index (χ0) is 14.8. The number of aromatic carboxylic acids is 1. The lowest BCUT2D eigenvalue weighted by molar-refractivity contribution is 0.0697. The summed E-state index contributed by atoms with van der Waals surface area (Å²) in [6.45, 7) is 2.15. The van der Waals surface area contributed by atoms with Crippen molar-refractivity contribution >= 4 is 17.0 Å². The van der Waals surface area contributed by atoms with Crippen LogP contribution in [0.15, 0.2) is 42.5 Å². The van der Waals surface area contributed by atoms with Crippen LogP contribution in [0.5, 0.6) is 0 Å². The van der Waals surface area contributed by atoms with Gasteiger partial charge in [0.15, 0.2) is 0 Å². The quantitative estimate of drug-likeness (QED) is 0.798. The first-order chi connectivity index (χ1) is 10.2. The average Bonchev–Trinajstić information content (AvgIpc) is 2.91. The molecule has 0 radical (unpaired) electrons. The molecule has 5 heteroatoms. The minimum absolute atomic E-state index is 0.216. The van der Waals surface area contributed by atoms with Crippen molar-refractivity contribution in [2.24, 2.45) is 0 Å². The third-order valence-electron chi connectivity index (χ3n) is 3.41. The van der Waals surface area contributed by atoms with Gasteiger partial charge in [0.1, 0.15) is 5.52 Å². The van der Waals surface area contributed by atoms with Gasteiger partial charge in [0.2, 0.25) is 0 Å². The van der Waals surface area contributed by atoms with Crippen molar-refractivity contribution in [3.63, 3.8) is 0 Å². The fourth-order valence-electron chi connectivity index (χ4n) is 2.34. The number of rotatable bonds is 4. The van der Waals surface area contributed by atoms with Gasteiger partial charge >= 0.3 is 5.97 Å². The molecular formula is C16H15N3O2. The van der Waals surface area contributed by atoms with E-state index < -0.39 is 5.97 Å². The van der Waals surface area contributed by atoms with Crippen molar-refractivity contribution in [2.75, 3.05) is 0 Å². The van der Waals surface area contributed by atoms with Crippen LogP contribution in [0.3, 0.4) is 0 Å². The summed E-state index contributed by atoms with van der Waals surface area (Å²) < 4.78 is 1.72. The highest BCUT2D eigenvalue weighted by Gasteiger charge is 2.10. The topological polar surface area (TPSA) is 68.0 Å². The van der Waals surface area contributed by atoms with Gasteiger partial charge in [-0.15, -0.1) is 5.10 Å². The van der Waals surface area contributed by atoms with Gasteiger partial charge in [-0.05, 0) is 42.3 Å². The van der Waals surface area contributed by atoms with E-state index in [1.807, 2.05) is 12.1 Å². The SMILES string of the molecule is CCCc1ccc(-n2nnc3cc(C(=O)O)ccc32)cc1. The van der Waals surface area contributed by atoms with E-state index in [4.69, 9.17) is 5.11 Å². The normalized spacial score (nSPS) is 10.9. The summed E-state index contributed by atoms with van der Waals surface area (Å²) >= 11 is 0. The Hall–Kier alpha value is -2.69. The number of hydrogen-bond donors (Lipinski definition) is 1. The number of nitrogens with zero attached hydrogens (tertiary/aromatic N) is 3. The van der Waals surface area contributed by atoms with Crippen LogP contribution in [-0.2, 0) is 6.42 Å². The summed E-state index contributed by atoms with van der Waals surface area (Å²) in [6, 6.07) is 13.0. The van der Waals surface area contributed by atoms with Gasteiger partial charge < -0.3 is 5.11 Å². The second-order valence-electron chi connectivity index (χ2n) is 4.93. The van der Waals surface area contributed by atoms with E-state index in [1.165, 1.54) is 11.6 Å². The standard InChI is InChI=1S/C16H15N3O2/c1-2-3-11-4-7-13(8-5-11)19-15-9-6-12(16(20)21)10-14(15)17-18-19/h4-10H,2-3H2,1H3,(H,20,21). The molecule has 0 saturated carbocycles. The van der Waals surface area contributed by atoms with Gasteiger partial charge in [0.05, 0.1) is 16.8 Å². The molecule has 5 nitrogen and oxygen atoms in total. The highest BCUT2D eigenvalue weighted by atomic mass is 16.4. The lowest BCUT2D eigenvalue weighted by atomic mass is 10.1. The smallest absolute Gasteiger partial charge is 0.335 e. The Labute approximate surface area is 121 Å². The first-order valence-electron chi connectivity index (χ1n) is 6.87. The molecule has 21 heavy (non-hydrogen) atoms. The fourth-order valence-corrected chi connectivity index (χ4v) is 2.34. The highest BCUT2D eigenvalue weighted by molar-refractivity contribution is 5.92. The largest absolute Gasteiger partial charge is 0.478 e. The van der Waals surface area contributed by atoms with E-state index in [-0.39, 0.29) is 5.56 Å². The van der Waals surface area contributed by atoms with Crippen molar-refractivity contribution in [1.29, 1.82) is 0 Å². The van der Waals surface area contributed by atoms with Crippen molar-refractivity contribution < 1.29 is 9.90 Å². The summed E-state index contributed by atoms with van der Waals surface area (Å²) in [7, 11) is 0. The minimum Gasteiger partial charge on any atom is -0.478 e. The lowest BCUT2D eigenvalue weighted by Crippen LogP contribution is -1.98. The Bertz CT molecular complexity index is 791. The minimum atomic E-state index is -0.963. The zero-order valence-electron chi connectivity index (χ0n) is 11.7. The predicted octanol–water partition coefficient (Wildman–Crippen LogP) is 3.07. The monoisotopic (exact) mass is 281 g/mol. The summed E-state index contributed by atoms with van der Waals surface area (Å²) in [6.07, 6.45) is 2.17. The molecule has 0 aliphatic rings. The lowest BCUT2D eigenvalue weighted by Gasteiger charge is -2.04. The maximum atomic E-state index is 11.0. The molecule has 1 aromatic heterocycles. The molecule has 0 aliphatic heterocycles. The number of aromatic nitrogens is 3. The number of benzene rings is 2. The molecule has 0 fully saturated rings. The summed E-state index contributed by atoms with van der Waals surface area (Å²) in [5, 5.41) is 17.2. The predicted molar refractivity (Wildman–Crippen MR) is 79.8 cm³/mol. The van der Waals surface area contributed by atoms with E-state index in [0.717, 1.165) is 24.0 Å². The van der Waals surface area contributed by atoms with Crippen LogP contribution in [-0.4, -0.2) is 26.1 Å². The fraction of sp³-hybridized carbons (Fsp3) is 0.188. The molecule has 0 bridgehead atoms. The zero-order valence-corrected chi connectivity index (χ0v) is 11.7. The van der Waals surface area contributed by atoms with Gasteiger partial charge in [-0.1, -0.05) is 30.7 Å².